The molecule has 15 heavy (non-hydrogen) atoms. The molecule has 1 aromatic rings. The molecule has 0 bridgehead atoms. The maximum Gasteiger partial charge on any atom is 0.0316 e. The molecule has 1 fully saturated rings. The van der Waals surface area contributed by atoms with E-state index in [2.05, 4.69) is 44.1 Å². The van der Waals surface area contributed by atoms with Crippen molar-refractivity contribution in [3.63, 3.8) is 0 Å². The fraction of sp³-hybridized carbons (Fsp3) is 0.538. The SMILES string of the molecule is CC(N(C)C)C1(c2cccc(N)c2)CC1. The van der Waals surface area contributed by atoms with E-state index in [4.69, 9.17) is 5.73 Å². The number of likely N-dealkylation sites (N-methyl/N-ethyl adjacent to an activating group) is 1. The Kier molecular flexibility index (Phi) is 2.47. The molecular formula is C13H20N2. The molecule has 1 aromatic carbocycles. The van der Waals surface area contributed by atoms with Gasteiger partial charge in [0.1, 0.15) is 0 Å². The van der Waals surface area contributed by atoms with Gasteiger partial charge < -0.3 is 10.6 Å². The van der Waals surface area contributed by atoms with Crippen molar-refractivity contribution >= 4 is 5.69 Å². The van der Waals surface area contributed by atoms with Gasteiger partial charge in [-0.25, -0.2) is 0 Å². The third-order valence-electron chi connectivity index (χ3n) is 3.82. The minimum atomic E-state index is 0.360. The molecule has 2 nitrogen and oxygen atoms in total. The predicted octanol–water partition coefficient (Wildman–Crippen LogP) is 2.25. The summed E-state index contributed by atoms with van der Waals surface area (Å²) in [6.07, 6.45) is 2.58. The topological polar surface area (TPSA) is 29.3 Å². The Labute approximate surface area is 92.1 Å². The molecule has 1 saturated carbocycles. The van der Waals surface area contributed by atoms with Gasteiger partial charge >= 0.3 is 0 Å². The summed E-state index contributed by atoms with van der Waals surface area (Å²) in [5.74, 6) is 0. The van der Waals surface area contributed by atoms with Crippen molar-refractivity contribution in [2.45, 2.75) is 31.2 Å². The summed E-state index contributed by atoms with van der Waals surface area (Å²) >= 11 is 0. The van der Waals surface area contributed by atoms with Gasteiger partial charge in [0, 0.05) is 17.1 Å². The van der Waals surface area contributed by atoms with E-state index in [-0.39, 0.29) is 0 Å². The summed E-state index contributed by atoms with van der Waals surface area (Å²) in [7, 11) is 4.30. The van der Waals surface area contributed by atoms with E-state index in [1.165, 1.54) is 18.4 Å². The zero-order chi connectivity index (χ0) is 11.1. The van der Waals surface area contributed by atoms with Crippen LogP contribution in [0, 0.1) is 0 Å². The molecule has 82 valence electrons. The van der Waals surface area contributed by atoms with Crippen LogP contribution in [0.3, 0.4) is 0 Å². The molecule has 0 aromatic heterocycles. The van der Waals surface area contributed by atoms with Crippen molar-refractivity contribution in [3.05, 3.63) is 29.8 Å². The van der Waals surface area contributed by atoms with E-state index in [1.54, 1.807) is 0 Å². The van der Waals surface area contributed by atoms with E-state index in [9.17, 15) is 0 Å². The third-order valence-corrected chi connectivity index (χ3v) is 3.82. The van der Waals surface area contributed by atoms with Gasteiger partial charge in [0.2, 0.25) is 0 Å². The largest absolute Gasteiger partial charge is 0.399 e. The molecule has 0 amide bonds. The second-order valence-electron chi connectivity index (χ2n) is 4.92. The quantitative estimate of drug-likeness (QED) is 0.765. The number of nitrogens with zero attached hydrogens (tertiary/aromatic N) is 1. The summed E-state index contributed by atoms with van der Waals surface area (Å²) in [5.41, 5.74) is 8.49. The van der Waals surface area contributed by atoms with Crippen LogP contribution >= 0.6 is 0 Å². The second kappa shape index (κ2) is 3.53. The Morgan fingerprint density at radius 2 is 2.00 bits per heavy atom. The fourth-order valence-electron chi connectivity index (χ4n) is 2.42. The number of hydrogen-bond donors (Lipinski definition) is 1. The minimum absolute atomic E-state index is 0.360. The average Bonchev–Trinajstić information content (AvgIpc) is 2.97. The van der Waals surface area contributed by atoms with Gasteiger partial charge in [-0.1, -0.05) is 12.1 Å². The van der Waals surface area contributed by atoms with Crippen LogP contribution in [-0.2, 0) is 5.41 Å². The lowest BCUT2D eigenvalue weighted by atomic mass is 9.88. The Morgan fingerprint density at radius 3 is 2.47 bits per heavy atom. The number of nitrogens with two attached hydrogens (primary N) is 1. The van der Waals surface area contributed by atoms with Crippen molar-refractivity contribution in [1.82, 2.24) is 4.90 Å². The number of nitrogen functional groups attached to an aromatic ring is 1. The maximum atomic E-state index is 5.85. The summed E-state index contributed by atoms with van der Waals surface area (Å²) in [6, 6.07) is 8.95. The van der Waals surface area contributed by atoms with Gasteiger partial charge in [0.15, 0.2) is 0 Å². The summed E-state index contributed by atoms with van der Waals surface area (Å²) in [6.45, 7) is 2.30. The Morgan fingerprint density at radius 1 is 1.33 bits per heavy atom. The summed E-state index contributed by atoms with van der Waals surface area (Å²) < 4.78 is 0. The average molecular weight is 204 g/mol. The van der Waals surface area contributed by atoms with Crippen LogP contribution in [0.5, 0.6) is 0 Å². The summed E-state index contributed by atoms with van der Waals surface area (Å²) in [4.78, 5) is 2.30. The number of hydrogen-bond acceptors (Lipinski definition) is 2. The van der Waals surface area contributed by atoms with Crippen molar-refractivity contribution in [2.75, 3.05) is 19.8 Å². The first-order chi connectivity index (χ1) is 7.06. The van der Waals surface area contributed by atoms with Gasteiger partial charge in [-0.15, -0.1) is 0 Å². The van der Waals surface area contributed by atoms with Gasteiger partial charge in [-0.3, -0.25) is 0 Å². The molecule has 0 spiro atoms. The van der Waals surface area contributed by atoms with Crippen LogP contribution in [0.15, 0.2) is 24.3 Å². The maximum absolute atomic E-state index is 5.85. The zero-order valence-electron chi connectivity index (χ0n) is 9.83. The Balaban J connectivity index is 2.30. The van der Waals surface area contributed by atoms with Crippen molar-refractivity contribution in [2.24, 2.45) is 0 Å². The van der Waals surface area contributed by atoms with Crippen LogP contribution < -0.4 is 5.73 Å². The van der Waals surface area contributed by atoms with Gasteiger partial charge in [0.25, 0.3) is 0 Å². The predicted molar refractivity (Wildman–Crippen MR) is 64.9 cm³/mol. The first-order valence-electron chi connectivity index (χ1n) is 5.59. The highest BCUT2D eigenvalue weighted by atomic mass is 15.1. The number of benzene rings is 1. The van der Waals surface area contributed by atoms with Crippen LogP contribution in [0.1, 0.15) is 25.3 Å². The van der Waals surface area contributed by atoms with Crippen molar-refractivity contribution in [1.29, 1.82) is 0 Å². The van der Waals surface area contributed by atoms with Gasteiger partial charge in [0.05, 0.1) is 0 Å². The smallest absolute Gasteiger partial charge is 0.0316 e. The standard InChI is InChI=1S/C13H20N2/c1-10(15(2)3)13(7-8-13)11-5-4-6-12(14)9-11/h4-6,9-10H,7-8,14H2,1-3H3. The second-order valence-corrected chi connectivity index (χ2v) is 4.92. The van der Waals surface area contributed by atoms with E-state index < -0.39 is 0 Å². The minimum Gasteiger partial charge on any atom is -0.399 e. The van der Waals surface area contributed by atoms with E-state index in [0.717, 1.165) is 5.69 Å². The number of rotatable bonds is 3. The molecule has 2 N–H and O–H groups in total. The van der Waals surface area contributed by atoms with Crippen LogP contribution in [0.2, 0.25) is 0 Å². The molecule has 1 unspecified atom stereocenters. The lowest BCUT2D eigenvalue weighted by Crippen LogP contribution is -2.36. The van der Waals surface area contributed by atoms with Crippen LogP contribution in [-0.4, -0.2) is 25.0 Å². The molecule has 2 heteroatoms. The lowest BCUT2D eigenvalue weighted by Gasteiger charge is -2.30. The zero-order valence-corrected chi connectivity index (χ0v) is 9.83. The molecule has 1 atom stereocenters. The van der Waals surface area contributed by atoms with Crippen molar-refractivity contribution in [3.8, 4) is 0 Å². The first kappa shape index (κ1) is 10.5. The highest BCUT2D eigenvalue weighted by Gasteiger charge is 2.49. The number of anilines is 1. The monoisotopic (exact) mass is 204 g/mol. The molecule has 1 aliphatic rings. The Bertz CT molecular complexity index is 353. The van der Waals surface area contributed by atoms with Crippen LogP contribution in [0.25, 0.3) is 0 Å². The molecule has 0 aliphatic heterocycles. The molecule has 0 heterocycles. The molecular weight excluding hydrogens is 184 g/mol. The van der Waals surface area contributed by atoms with Crippen LogP contribution in [0.4, 0.5) is 5.69 Å². The highest BCUT2D eigenvalue weighted by molar-refractivity contribution is 5.46. The van der Waals surface area contributed by atoms with E-state index in [1.807, 2.05) is 6.07 Å². The van der Waals surface area contributed by atoms with E-state index in [0.29, 0.717) is 11.5 Å². The molecule has 0 radical (unpaired) electrons. The molecule has 0 saturated heterocycles. The third kappa shape index (κ3) is 1.74. The lowest BCUT2D eigenvalue weighted by molar-refractivity contribution is 0.259. The fourth-order valence-corrected chi connectivity index (χ4v) is 2.42. The first-order valence-corrected chi connectivity index (χ1v) is 5.59. The normalized spacial score (nSPS) is 20.3. The Hall–Kier alpha value is -1.02. The van der Waals surface area contributed by atoms with Gasteiger partial charge in [-0.05, 0) is 51.6 Å². The molecule has 2 rings (SSSR count). The molecule has 1 aliphatic carbocycles. The highest BCUT2D eigenvalue weighted by Crippen LogP contribution is 2.52. The summed E-state index contributed by atoms with van der Waals surface area (Å²) in [5, 5.41) is 0. The van der Waals surface area contributed by atoms with Crippen molar-refractivity contribution < 1.29 is 0 Å². The van der Waals surface area contributed by atoms with Gasteiger partial charge in [-0.2, -0.15) is 0 Å². The van der Waals surface area contributed by atoms with E-state index >= 15 is 0 Å².